The van der Waals surface area contributed by atoms with Crippen LogP contribution in [0.4, 0.5) is 10.2 Å². The first-order valence-corrected chi connectivity index (χ1v) is 11.8. The zero-order chi connectivity index (χ0) is 26.6. The van der Waals surface area contributed by atoms with Crippen molar-refractivity contribution in [1.82, 2.24) is 15.6 Å². The van der Waals surface area contributed by atoms with Crippen molar-refractivity contribution in [1.29, 1.82) is 5.26 Å². The van der Waals surface area contributed by atoms with E-state index in [1.165, 1.54) is 24.5 Å². The number of pyridine rings is 1. The number of furan rings is 1. The van der Waals surface area contributed by atoms with Crippen LogP contribution in [-0.2, 0) is 0 Å². The van der Waals surface area contributed by atoms with E-state index in [9.17, 15) is 24.3 Å². The highest BCUT2D eigenvalue weighted by atomic mass is 35.5. The zero-order valence-electron chi connectivity index (χ0n) is 20.4. The summed E-state index contributed by atoms with van der Waals surface area (Å²) < 4.78 is 18.8. The Bertz CT molecular complexity index is 1560. The van der Waals surface area contributed by atoms with Crippen LogP contribution < -0.4 is 16.0 Å². The highest BCUT2D eigenvalue weighted by molar-refractivity contribution is 6.03. The zero-order valence-corrected chi connectivity index (χ0v) is 21.2. The number of carbonyl (C=O) groups is 2. The Morgan fingerprint density at radius 3 is 2.64 bits per heavy atom. The molecule has 9 nitrogen and oxygen atoms in total. The molecule has 4 aromatic rings. The van der Waals surface area contributed by atoms with E-state index in [1.54, 1.807) is 36.4 Å². The molecule has 198 valence electrons. The van der Waals surface area contributed by atoms with E-state index >= 15 is 0 Å². The van der Waals surface area contributed by atoms with Crippen LogP contribution in [0.3, 0.4) is 0 Å². The number of anilines is 1. The van der Waals surface area contributed by atoms with E-state index in [4.69, 9.17) is 4.42 Å². The van der Waals surface area contributed by atoms with Gasteiger partial charge in [0.15, 0.2) is 11.6 Å². The van der Waals surface area contributed by atoms with Crippen LogP contribution in [0, 0.1) is 17.1 Å². The van der Waals surface area contributed by atoms with Crippen LogP contribution in [0.15, 0.2) is 71.3 Å². The first-order valence-electron chi connectivity index (χ1n) is 11.8. The normalized spacial score (nSPS) is 14.2. The molecule has 4 N–H and O–H groups in total. The number of phenols is 1. The van der Waals surface area contributed by atoms with Crippen molar-refractivity contribution in [2.24, 2.45) is 0 Å². The summed E-state index contributed by atoms with van der Waals surface area (Å²) in [5, 5.41) is 29.3. The molecule has 0 spiro atoms. The Kier molecular flexibility index (Phi) is 8.24. The van der Waals surface area contributed by atoms with Gasteiger partial charge in [-0.2, -0.15) is 5.26 Å². The lowest BCUT2D eigenvalue weighted by atomic mass is 9.96. The summed E-state index contributed by atoms with van der Waals surface area (Å²) in [6.45, 7) is 1.52. The van der Waals surface area contributed by atoms with E-state index in [1.807, 2.05) is 0 Å². The summed E-state index contributed by atoms with van der Waals surface area (Å²) in [5.41, 5.74) is 1.66. The number of nitrogens with one attached hydrogen (secondary N) is 3. The van der Waals surface area contributed by atoms with Crippen molar-refractivity contribution in [3.8, 4) is 34.2 Å². The van der Waals surface area contributed by atoms with E-state index in [0.29, 0.717) is 23.2 Å². The van der Waals surface area contributed by atoms with Crippen LogP contribution in [0.25, 0.3) is 22.4 Å². The van der Waals surface area contributed by atoms with Crippen molar-refractivity contribution < 1.29 is 23.5 Å². The summed E-state index contributed by atoms with van der Waals surface area (Å²) in [6, 6.07) is 16.8. The number of aromatic nitrogens is 1. The average molecular weight is 548 g/mol. The first kappa shape index (κ1) is 27.3. The summed E-state index contributed by atoms with van der Waals surface area (Å²) >= 11 is 0. The second-order valence-electron chi connectivity index (χ2n) is 8.73. The second kappa shape index (κ2) is 11.8. The molecule has 0 saturated carbocycles. The molecule has 0 bridgehead atoms. The van der Waals surface area contributed by atoms with Crippen LogP contribution >= 0.6 is 12.4 Å². The van der Waals surface area contributed by atoms with E-state index in [-0.39, 0.29) is 58.5 Å². The monoisotopic (exact) mass is 547 g/mol. The second-order valence-corrected chi connectivity index (χ2v) is 8.73. The number of rotatable bonds is 6. The molecule has 11 heteroatoms. The summed E-state index contributed by atoms with van der Waals surface area (Å²) in [7, 11) is 0. The number of carbonyl (C=O) groups excluding carboxylic acids is 2. The fourth-order valence-electron chi connectivity index (χ4n) is 4.29. The maximum Gasteiger partial charge on any atom is 0.292 e. The predicted molar refractivity (Wildman–Crippen MR) is 144 cm³/mol. The number of amides is 2. The molecule has 2 aromatic carbocycles. The third kappa shape index (κ3) is 5.90. The fourth-order valence-corrected chi connectivity index (χ4v) is 4.29. The SMILES string of the molecule is Cl.N#Cc1c(-c2cccc(C(=O)NC3CCNC3)c2)cc(-c2ccc(F)cc2O)nc1NC(=O)c1ccco1. The van der Waals surface area contributed by atoms with Crippen LogP contribution in [-0.4, -0.2) is 41.0 Å². The Labute approximate surface area is 229 Å². The summed E-state index contributed by atoms with van der Waals surface area (Å²) in [4.78, 5) is 30.0. The maximum absolute atomic E-state index is 13.7. The van der Waals surface area contributed by atoms with Crippen molar-refractivity contribution in [2.75, 3.05) is 18.4 Å². The van der Waals surface area contributed by atoms with Gasteiger partial charge < -0.3 is 25.5 Å². The van der Waals surface area contributed by atoms with Crippen molar-refractivity contribution >= 4 is 30.0 Å². The van der Waals surface area contributed by atoms with Gasteiger partial charge in [0.05, 0.1) is 12.0 Å². The van der Waals surface area contributed by atoms with Crippen molar-refractivity contribution in [3.05, 3.63) is 89.6 Å². The number of benzene rings is 2. The number of halogens is 2. The van der Waals surface area contributed by atoms with Gasteiger partial charge >= 0.3 is 0 Å². The van der Waals surface area contributed by atoms with Gasteiger partial charge in [-0.3, -0.25) is 9.59 Å². The molecule has 3 heterocycles. The molecule has 1 aliphatic heterocycles. The molecular weight excluding hydrogens is 525 g/mol. The van der Waals surface area contributed by atoms with Crippen LogP contribution in [0.1, 0.15) is 32.9 Å². The molecule has 0 radical (unpaired) electrons. The highest BCUT2D eigenvalue weighted by Gasteiger charge is 2.22. The topological polar surface area (TPSA) is 140 Å². The predicted octanol–water partition coefficient (Wildman–Crippen LogP) is 4.49. The molecule has 1 saturated heterocycles. The molecule has 2 amide bonds. The van der Waals surface area contributed by atoms with Gasteiger partial charge in [0.25, 0.3) is 11.8 Å². The minimum atomic E-state index is -0.636. The third-order valence-corrected chi connectivity index (χ3v) is 6.18. The number of aromatic hydroxyl groups is 1. The van der Waals surface area contributed by atoms with Crippen molar-refractivity contribution in [2.45, 2.75) is 12.5 Å². The number of phenolic OH excluding ortho intramolecular Hbond substituents is 1. The van der Waals surface area contributed by atoms with Crippen LogP contribution in [0.2, 0.25) is 0 Å². The van der Waals surface area contributed by atoms with E-state index in [2.05, 4.69) is 27.0 Å². The lowest BCUT2D eigenvalue weighted by Crippen LogP contribution is -2.36. The minimum Gasteiger partial charge on any atom is -0.507 e. The van der Waals surface area contributed by atoms with E-state index < -0.39 is 11.7 Å². The number of nitriles is 1. The molecule has 1 fully saturated rings. The van der Waals surface area contributed by atoms with Gasteiger partial charge in [-0.15, -0.1) is 12.4 Å². The van der Waals surface area contributed by atoms with Crippen LogP contribution in [0.5, 0.6) is 5.75 Å². The molecule has 2 aromatic heterocycles. The van der Waals surface area contributed by atoms with Gasteiger partial charge in [-0.25, -0.2) is 9.37 Å². The molecule has 1 atom stereocenters. The smallest absolute Gasteiger partial charge is 0.292 e. The molecule has 5 rings (SSSR count). The standard InChI is InChI=1S/C28H22FN5O4.ClH/c29-18-6-7-20(24(35)12-18)23-13-21(22(14-30)26(33-23)34-28(37)25-5-2-10-38-25)16-3-1-4-17(11-16)27(36)32-19-8-9-31-15-19;/h1-7,10-13,19,31,35H,8-9,15H2,(H,32,36)(H,33,34,37);1H. The largest absolute Gasteiger partial charge is 0.507 e. The number of hydrogen-bond acceptors (Lipinski definition) is 7. The Morgan fingerprint density at radius 1 is 1.10 bits per heavy atom. The molecule has 0 aliphatic carbocycles. The Hall–Kier alpha value is -4.72. The van der Waals surface area contributed by atoms with Gasteiger partial charge in [-0.05, 0) is 61.0 Å². The van der Waals surface area contributed by atoms with Gasteiger partial charge in [0.2, 0.25) is 0 Å². The van der Waals surface area contributed by atoms with Gasteiger partial charge in [-0.1, -0.05) is 12.1 Å². The first-order chi connectivity index (χ1) is 18.4. The molecular formula is C28H23ClFN5O4. The molecule has 39 heavy (non-hydrogen) atoms. The Morgan fingerprint density at radius 2 is 1.95 bits per heavy atom. The quantitative estimate of drug-likeness (QED) is 0.279. The van der Waals surface area contributed by atoms with Crippen molar-refractivity contribution in [3.63, 3.8) is 0 Å². The maximum atomic E-state index is 13.7. The summed E-state index contributed by atoms with van der Waals surface area (Å²) in [6.07, 6.45) is 2.17. The van der Waals surface area contributed by atoms with Gasteiger partial charge in [0, 0.05) is 35.3 Å². The Balaban J connectivity index is 0.00000353. The lowest BCUT2D eigenvalue weighted by Gasteiger charge is -2.15. The fraction of sp³-hybridized carbons (Fsp3) is 0.143. The number of nitrogens with zero attached hydrogens (tertiary/aromatic N) is 2. The van der Waals surface area contributed by atoms with Gasteiger partial charge in [0.1, 0.15) is 23.2 Å². The lowest BCUT2D eigenvalue weighted by molar-refractivity contribution is 0.0939. The van der Waals surface area contributed by atoms with E-state index in [0.717, 1.165) is 19.0 Å². The number of hydrogen-bond donors (Lipinski definition) is 4. The summed E-state index contributed by atoms with van der Waals surface area (Å²) in [5.74, 6) is -1.97. The third-order valence-electron chi connectivity index (χ3n) is 6.18. The highest BCUT2D eigenvalue weighted by Crippen LogP contribution is 2.36. The average Bonchev–Trinajstić information content (AvgIpc) is 3.63. The molecule has 1 unspecified atom stereocenters. The molecule has 1 aliphatic rings. The minimum absolute atomic E-state index is 0.